The third-order valence-corrected chi connectivity index (χ3v) is 4.60. The van der Waals surface area contributed by atoms with Crippen molar-refractivity contribution in [1.82, 2.24) is 0 Å². The second kappa shape index (κ2) is 8.56. The number of carboxylic acid groups (broad SMARTS) is 1. The van der Waals surface area contributed by atoms with Crippen molar-refractivity contribution in [3.05, 3.63) is 60.2 Å². The number of benzene rings is 2. The molecule has 0 spiro atoms. The van der Waals surface area contributed by atoms with Crippen molar-refractivity contribution in [3.8, 4) is 5.75 Å². The second-order valence-corrected chi connectivity index (χ2v) is 6.55. The van der Waals surface area contributed by atoms with Crippen molar-refractivity contribution in [3.63, 3.8) is 0 Å². The Hall–Kier alpha value is -2.49. The molecule has 1 aliphatic heterocycles. The largest absolute Gasteiger partial charge is 0.489 e. The van der Waals surface area contributed by atoms with E-state index in [0.717, 1.165) is 44.5 Å². The van der Waals surface area contributed by atoms with E-state index in [1.54, 1.807) is 0 Å². The molecule has 3 rings (SSSR count). The van der Waals surface area contributed by atoms with Gasteiger partial charge in [0.25, 0.3) is 0 Å². The predicted molar refractivity (Wildman–Crippen MR) is 99.3 cm³/mol. The van der Waals surface area contributed by atoms with Crippen LogP contribution < -0.4 is 9.64 Å². The molecule has 0 bridgehead atoms. The van der Waals surface area contributed by atoms with Crippen LogP contribution >= 0.6 is 0 Å². The normalized spacial score (nSPS) is 16.8. The highest BCUT2D eigenvalue weighted by molar-refractivity contribution is 5.66. The quantitative estimate of drug-likeness (QED) is 0.734. The highest BCUT2D eigenvalue weighted by Gasteiger charge is 2.24. The SMILES string of the molecule is O=C(O)CCCCc1ccc(N2CC[C@H](Oc3ccccc3)C2)cc1. The first kappa shape index (κ1) is 17.3. The summed E-state index contributed by atoms with van der Waals surface area (Å²) in [5.74, 6) is 0.225. The molecule has 0 amide bonds. The van der Waals surface area contributed by atoms with Gasteiger partial charge in [-0.15, -0.1) is 0 Å². The summed E-state index contributed by atoms with van der Waals surface area (Å²) in [4.78, 5) is 12.9. The molecule has 132 valence electrons. The first-order chi connectivity index (χ1) is 12.2. The van der Waals surface area contributed by atoms with Gasteiger partial charge in [-0.1, -0.05) is 30.3 Å². The van der Waals surface area contributed by atoms with E-state index in [0.29, 0.717) is 0 Å². The summed E-state index contributed by atoms with van der Waals surface area (Å²) in [6, 6.07) is 18.6. The van der Waals surface area contributed by atoms with E-state index in [4.69, 9.17) is 9.84 Å². The molecule has 1 atom stereocenters. The molecule has 1 aliphatic rings. The van der Waals surface area contributed by atoms with Gasteiger partial charge in [0.2, 0.25) is 0 Å². The maximum absolute atomic E-state index is 10.5. The molecule has 2 aromatic rings. The minimum Gasteiger partial charge on any atom is -0.489 e. The average Bonchev–Trinajstić information content (AvgIpc) is 3.08. The molecule has 1 N–H and O–H groups in total. The second-order valence-electron chi connectivity index (χ2n) is 6.55. The number of hydrogen-bond acceptors (Lipinski definition) is 3. The third-order valence-electron chi connectivity index (χ3n) is 4.60. The molecular formula is C21H25NO3. The average molecular weight is 339 g/mol. The van der Waals surface area contributed by atoms with E-state index in [2.05, 4.69) is 29.2 Å². The van der Waals surface area contributed by atoms with Crippen LogP contribution in [0.1, 0.15) is 31.2 Å². The number of carbonyl (C=O) groups is 1. The molecule has 2 aromatic carbocycles. The van der Waals surface area contributed by atoms with Crippen LogP contribution in [-0.4, -0.2) is 30.3 Å². The topological polar surface area (TPSA) is 49.8 Å². The van der Waals surface area contributed by atoms with Crippen molar-refractivity contribution >= 4 is 11.7 Å². The van der Waals surface area contributed by atoms with Gasteiger partial charge in [-0.25, -0.2) is 0 Å². The maximum Gasteiger partial charge on any atom is 0.303 e. The number of ether oxygens (including phenoxy) is 1. The summed E-state index contributed by atoms with van der Waals surface area (Å²) in [6.07, 6.45) is 4.12. The number of hydrogen-bond donors (Lipinski definition) is 1. The lowest BCUT2D eigenvalue weighted by Gasteiger charge is -2.19. The first-order valence-corrected chi connectivity index (χ1v) is 8.98. The van der Waals surface area contributed by atoms with Crippen molar-refractivity contribution < 1.29 is 14.6 Å². The predicted octanol–water partition coefficient (Wildman–Crippen LogP) is 4.14. The van der Waals surface area contributed by atoms with Crippen LogP contribution in [0.2, 0.25) is 0 Å². The molecule has 4 heteroatoms. The lowest BCUT2D eigenvalue weighted by molar-refractivity contribution is -0.137. The number of aliphatic carboxylic acids is 1. The Labute approximate surface area is 149 Å². The van der Waals surface area contributed by atoms with E-state index >= 15 is 0 Å². The smallest absolute Gasteiger partial charge is 0.303 e. The van der Waals surface area contributed by atoms with Gasteiger partial charge in [-0.3, -0.25) is 4.79 Å². The number of anilines is 1. The van der Waals surface area contributed by atoms with Crippen molar-refractivity contribution in [2.75, 3.05) is 18.0 Å². The van der Waals surface area contributed by atoms with Crippen molar-refractivity contribution in [2.24, 2.45) is 0 Å². The highest BCUT2D eigenvalue weighted by Crippen LogP contribution is 2.24. The summed E-state index contributed by atoms with van der Waals surface area (Å²) in [6.45, 7) is 1.92. The zero-order valence-electron chi connectivity index (χ0n) is 14.4. The lowest BCUT2D eigenvalue weighted by Crippen LogP contribution is -2.24. The Balaban J connectivity index is 1.47. The number of nitrogens with zero attached hydrogens (tertiary/aromatic N) is 1. The molecule has 0 saturated carbocycles. The Morgan fingerprint density at radius 1 is 1.08 bits per heavy atom. The molecule has 25 heavy (non-hydrogen) atoms. The molecule has 0 aromatic heterocycles. The van der Waals surface area contributed by atoms with Crippen LogP contribution in [0.25, 0.3) is 0 Å². The molecule has 1 fully saturated rings. The van der Waals surface area contributed by atoms with Gasteiger partial charge in [0.1, 0.15) is 11.9 Å². The summed E-state index contributed by atoms with van der Waals surface area (Å²) in [5.41, 5.74) is 2.50. The summed E-state index contributed by atoms with van der Waals surface area (Å²) >= 11 is 0. The lowest BCUT2D eigenvalue weighted by atomic mass is 10.1. The van der Waals surface area contributed by atoms with Crippen LogP contribution in [0.3, 0.4) is 0 Å². The highest BCUT2D eigenvalue weighted by atomic mass is 16.5. The fourth-order valence-electron chi connectivity index (χ4n) is 3.23. The summed E-state index contributed by atoms with van der Waals surface area (Å²) < 4.78 is 6.05. The fraction of sp³-hybridized carbons (Fsp3) is 0.381. The Morgan fingerprint density at radius 2 is 1.84 bits per heavy atom. The number of aryl methyl sites for hydroxylation is 1. The van der Waals surface area contributed by atoms with Crippen LogP contribution in [-0.2, 0) is 11.2 Å². The van der Waals surface area contributed by atoms with Crippen LogP contribution in [0.15, 0.2) is 54.6 Å². The van der Waals surface area contributed by atoms with E-state index in [1.807, 2.05) is 30.3 Å². The Morgan fingerprint density at radius 3 is 2.56 bits per heavy atom. The maximum atomic E-state index is 10.5. The third kappa shape index (κ3) is 5.24. The number of rotatable bonds is 8. The zero-order chi connectivity index (χ0) is 17.5. The van der Waals surface area contributed by atoms with Gasteiger partial charge in [0.15, 0.2) is 0 Å². The molecule has 1 heterocycles. The molecule has 0 radical (unpaired) electrons. The zero-order valence-corrected chi connectivity index (χ0v) is 14.4. The van der Waals surface area contributed by atoms with Gasteiger partial charge in [-0.2, -0.15) is 0 Å². The Bertz CT molecular complexity index is 669. The standard InChI is InChI=1S/C21H25NO3/c23-21(24)9-5-4-6-17-10-12-18(13-11-17)22-15-14-20(16-22)25-19-7-2-1-3-8-19/h1-3,7-8,10-13,20H,4-6,9,14-16H2,(H,23,24)/t20-/m0/s1. The molecule has 0 aliphatic carbocycles. The number of carboxylic acids is 1. The van der Waals surface area contributed by atoms with E-state index in [-0.39, 0.29) is 12.5 Å². The molecule has 4 nitrogen and oxygen atoms in total. The van der Waals surface area contributed by atoms with Gasteiger partial charge in [0, 0.05) is 25.1 Å². The Kier molecular flexibility index (Phi) is 5.94. The van der Waals surface area contributed by atoms with Crippen LogP contribution in [0, 0.1) is 0 Å². The van der Waals surface area contributed by atoms with E-state index < -0.39 is 5.97 Å². The molecular weight excluding hydrogens is 314 g/mol. The monoisotopic (exact) mass is 339 g/mol. The fourth-order valence-corrected chi connectivity index (χ4v) is 3.23. The number of unbranched alkanes of at least 4 members (excludes halogenated alkanes) is 1. The van der Waals surface area contributed by atoms with Gasteiger partial charge in [-0.05, 0) is 49.1 Å². The summed E-state index contributed by atoms with van der Waals surface area (Å²) in [7, 11) is 0. The molecule has 0 unspecified atom stereocenters. The molecule has 1 saturated heterocycles. The van der Waals surface area contributed by atoms with Crippen molar-refractivity contribution in [1.29, 1.82) is 0 Å². The van der Waals surface area contributed by atoms with E-state index in [1.165, 1.54) is 11.3 Å². The van der Waals surface area contributed by atoms with Gasteiger partial charge < -0.3 is 14.7 Å². The minimum absolute atomic E-state index is 0.234. The van der Waals surface area contributed by atoms with Crippen LogP contribution in [0.5, 0.6) is 5.75 Å². The van der Waals surface area contributed by atoms with Crippen molar-refractivity contribution in [2.45, 2.75) is 38.2 Å². The van der Waals surface area contributed by atoms with Gasteiger partial charge in [0.05, 0.1) is 6.54 Å². The van der Waals surface area contributed by atoms with Crippen LogP contribution in [0.4, 0.5) is 5.69 Å². The first-order valence-electron chi connectivity index (χ1n) is 8.98. The number of para-hydroxylation sites is 1. The summed E-state index contributed by atoms with van der Waals surface area (Å²) in [5, 5.41) is 8.67. The van der Waals surface area contributed by atoms with E-state index in [9.17, 15) is 4.79 Å². The van der Waals surface area contributed by atoms with Gasteiger partial charge >= 0.3 is 5.97 Å². The minimum atomic E-state index is -0.711.